The summed E-state index contributed by atoms with van der Waals surface area (Å²) in [4.78, 5) is 38.0. The summed E-state index contributed by atoms with van der Waals surface area (Å²) in [6.45, 7) is 6.82. The van der Waals surface area contributed by atoms with Crippen molar-refractivity contribution >= 4 is 22.8 Å². The Balaban J connectivity index is 1.36. The van der Waals surface area contributed by atoms with E-state index in [0.717, 1.165) is 53.0 Å². The second-order valence-electron chi connectivity index (χ2n) is 10.9. The maximum absolute atomic E-state index is 13.5. The van der Waals surface area contributed by atoms with E-state index in [1.807, 2.05) is 26.0 Å². The molecule has 0 unspecified atom stereocenters. The highest BCUT2D eigenvalue weighted by Gasteiger charge is 2.31. The Morgan fingerprint density at radius 3 is 2.66 bits per heavy atom. The van der Waals surface area contributed by atoms with E-state index in [9.17, 15) is 9.59 Å². The van der Waals surface area contributed by atoms with Gasteiger partial charge in [0.1, 0.15) is 29.9 Å². The van der Waals surface area contributed by atoms with Crippen molar-refractivity contribution in [2.24, 2.45) is 11.8 Å². The minimum absolute atomic E-state index is 0.0166. The normalized spacial score (nSPS) is 21.3. The standard InChI is InChI=1S/C29H37N5O4/c1-16-5-10-23(38-13-19-6-7-19)21(11-16)26-28-27(31-15-30-26)25(18(3)32-28)29(36)34-22-9-8-20(12-17(22)2)33-24(35)14-37-4/h5,10-11,15,17,19-20,22,32H,6-9,12-14H2,1-4H3,(H,33,35)(H,34,36)/t17-,20+,22-/m1/s1. The Labute approximate surface area is 223 Å². The zero-order chi connectivity index (χ0) is 26.8. The molecule has 38 heavy (non-hydrogen) atoms. The van der Waals surface area contributed by atoms with Gasteiger partial charge >= 0.3 is 0 Å². The van der Waals surface area contributed by atoms with E-state index < -0.39 is 0 Å². The predicted molar refractivity (Wildman–Crippen MR) is 145 cm³/mol. The summed E-state index contributed by atoms with van der Waals surface area (Å²) in [5.41, 5.74) is 5.36. The third-order valence-corrected chi connectivity index (χ3v) is 7.69. The molecular formula is C29H37N5O4. The predicted octanol–water partition coefficient (Wildman–Crippen LogP) is 4.08. The highest BCUT2D eigenvalue weighted by molar-refractivity contribution is 6.09. The molecule has 0 aliphatic heterocycles. The van der Waals surface area contributed by atoms with Crippen LogP contribution in [0.1, 0.15) is 60.6 Å². The van der Waals surface area contributed by atoms with Gasteiger partial charge in [-0.3, -0.25) is 9.59 Å². The summed E-state index contributed by atoms with van der Waals surface area (Å²) >= 11 is 0. The first kappa shape index (κ1) is 26.2. The number of nitrogens with one attached hydrogen (secondary N) is 3. The highest BCUT2D eigenvalue weighted by atomic mass is 16.5. The Hall–Kier alpha value is -3.46. The fourth-order valence-corrected chi connectivity index (χ4v) is 5.43. The van der Waals surface area contributed by atoms with Gasteiger partial charge in [-0.2, -0.15) is 0 Å². The van der Waals surface area contributed by atoms with Crippen molar-refractivity contribution in [2.45, 2.75) is 65.0 Å². The molecule has 2 amide bonds. The van der Waals surface area contributed by atoms with Gasteiger partial charge in [0.2, 0.25) is 5.91 Å². The topological polar surface area (TPSA) is 118 Å². The van der Waals surface area contributed by atoms with Crippen molar-refractivity contribution in [1.82, 2.24) is 25.6 Å². The molecule has 2 heterocycles. The summed E-state index contributed by atoms with van der Waals surface area (Å²) in [5, 5.41) is 6.27. The molecule has 9 nitrogen and oxygen atoms in total. The maximum atomic E-state index is 13.5. The minimum atomic E-state index is -0.147. The molecule has 9 heteroatoms. The first-order valence-corrected chi connectivity index (χ1v) is 13.5. The number of aryl methyl sites for hydroxylation is 2. The molecule has 0 radical (unpaired) electrons. The zero-order valence-electron chi connectivity index (χ0n) is 22.6. The molecule has 1 aromatic carbocycles. The van der Waals surface area contributed by atoms with Crippen LogP contribution in [0.2, 0.25) is 0 Å². The maximum Gasteiger partial charge on any atom is 0.255 e. The van der Waals surface area contributed by atoms with E-state index in [1.54, 1.807) is 0 Å². The molecule has 202 valence electrons. The summed E-state index contributed by atoms with van der Waals surface area (Å²) in [5.74, 6) is 1.40. The van der Waals surface area contributed by atoms with E-state index in [0.29, 0.717) is 23.6 Å². The number of fused-ring (bicyclic) bond motifs is 1. The van der Waals surface area contributed by atoms with Crippen molar-refractivity contribution in [3.8, 4) is 17.0 Å². The molecule has 0 spiro atoms. The third kappa shape index (κ3) is 5.67. The molecule has 3 N–H and O–H groups in total. The zero-order valence-corrected chi connectivity index (χ0v) is 22.6. The van der Waals surface area contributed by atoms with Crippen LogP contribution >= 0.6 is 0 Å². The Bertz CT molecular complexity index is 1330. The van der Waals surface area contributed by atoms with Gasteiger partial charge in [-0.05, 0) is 69.9 Å². The van der Waals surface area contributed by atoms with Gasteiger partial charge in [0.15, 0.2) is 0 Å². The number of methoxy groups -OCH3 is 1. The van der Waals surface area contributed by atoms with Crippen molar-refractivity contribution in [3.05, 3.63) is 41.3 Å². The van der Waals surface area contributed by atoms with Gasteiger partial charge in [0.25, 0.3) is 5.91 Å². The van der Waals surface area contributed by atoms with Crippen LogP contribution in [-0.2, 0) is 9.53 Å². The highest BCUT2D eigenvalue weighted by Crippen LogP contribution is 2.37. The lowest BCUT2D eigenvalue weighted by Gasteiger charge is -2.35. The fraction of sp³-hybridized carbons (Fsp3) is 0.517. The summed E-state index contributed by atoms with van der Waals surface area (Å²) in [6.07, 6.45) is 6.35. The van der Waals surface area contributed by atoms with Crippen LogP contribution in [0.5, 0.6) is 5.75 Å². The third-order valence-electron chi connectivity index (χ3n) is 7.69. The van der Waals surface area contributed by atoms with Crippen LogP contribution in [-0.4, -0.2) is 59.2 Å². The number of hydrogen-bond acceptors (Lipinski definition) is 6. The summed E-state index contributed by atoms with van der Waals surface area (Å²) in [6, 6.07) is 6.23. The number of rotatable bonds is 9. The lowest BCUT2D eigenvalue weighted by molar-refractivity contribution is -0.125. The van der Waals surface area contributed by atoms with Crippen LogP contribution in [0.15, 0.2) is 24.5 Å². The first-order chi connectivity index (χ1) is 18.3. The minimum Gasteiger partial charge on any atom is -0.493 e. The molecule has 2 aromatic heterocycles. The van der Waals surface area contributed by atoms with Crippen LogP contribution in [0, 0.1) is 25.7 Å². The molecule has 2 aliphatic carbocycles. The van der Waals surface area contributed by atoms with Gasteiger partial charge in [-0.1, -0.05) is 18.6 Å². The van der Waals surface area contributed by atoms with Crippen LogP contribution < -0.4 is 15.4 Å². The van der Waals surface area contributed by atoms with Gasteiger partial charge in [-0.25, -0.2) is 9.97 Å². The molecule has 3 atom stereocenters. The number of hydrogen-bond donors (Lipinski definition) is 3. The van der Waals surface area contributed by atoms with Crippen molar-refractivity contribution in [2.75, 3.05) is 20.3 Å². The van der Waals surface area contributed by atoms with E-state index >= 15 is 0 Å². The van der Waals surface area contributed by atoms with Crippen LogP contribution in [0.4, 0.5) is 0 Å². The Morgan fingerprint density at radius 1 is 1.11 bits per heavy atom. The van der Waals surface area contributed by atoms with Crippen molar-refractivity contribution < 1.29 is 19.1 Å². The number of nitrogens with zero attached hydrogens (tertiary/aromatic N) is 2. The van der Waals surface area contributed by atoms with Crippen molar-refractivity contribution in [1.29, 1.82) is 0 Å². The largest absolute Gasteiger partial charge is 0.493 e. The Kier molecular flexibility index (Phi) is 7.65. The number of carbonyl (C=O) groups excluding carboxylic acids is 2. The fourth-order valence-electron chi connectivity index (χ4n) is 5.43. The number of benzene rings is 1. The van der Waals surface area contributed by atoms with Crippen LogP contribution in [0.3, 0.4) is 0 Å². The van der Waals surface area contributed by atoms with E-state index in [1.165, 1.54) is 26.3 Å². The number of ether oxygens (including phenoxy) is 2. The molecule has 2 saturated carbocycles. The average Bonchev–Trinajstić information content (AvgIpc) is 3.64. The molecule has 2 aliphatic rings. The summed E-state index contributed by atoms with van der Waals surface area (Å²) in [7, 11) is 1.51. The van der Waals surface area contributed by atoms with Crippen LogP contribution in [0.25, 0.3) is 22.3 Å². The number of amides is 2. The summed E-state index contributed by atoms with van der Waals surface area (Å²) < 4.78 is 11.1. The molecule has 5 rings (SSSR count). The first-order valence-electron chi connectivity index (χ1n) is 13.5. The van der Waals surface area contributed by atoms with Gasteiger partial charge in [-0.15, -0.1) is 0 Å². The monoisotopic (exact) mass is 519 g/mol. The molecule has 3 aromatic rings. The second-order valence-corrected chi connectivity index (χ2v) is 10.9. The smallest absolute Gasteiger partial charge is 0.255 e. The SMILES string of the molecule is COCC(=O)N[C@H]1CC[C@@H](NC(=O)c2c(C)[nH]c3c(-c4cc(C)ccc4OCC4CC4)ncnc23)[C@H](C)C1. The quantitative estimate of drug-likeness (QED) is 0.392. The lowest BCUT2D eigenvalue weighted by Crippen LogP contribution is -2.48. The lowest BCUT2D eigenvalue weighted by atomic mass is 9.82. The van der Waals surface area contributed by atoms with Gasteiger partial charge in [0, 0.05) is 30.5 Å². The van der Waals surface area contributed by atoms with Crippen molar-refractivity contribution in [3.63, 3.8) is 0 Å². The van der Waals surface area contributed by atoms with E-state index in [-0.39, 0.29) is 36.4 Å². The molecule has 0 bridgehead atoms. The number of aromatic nitrogens is 3. The van der Waals surface area contributed by atoms with Gasteiger partial charge < -0.3 is 25.1 Å². The number of carbonyl (C=O) groups is 2. The van der Waals surface area contributed by atoms with E-state index in [4.69, 9.17) is 9.47 Å². The second kappa shape index (κ2) is 11.1. The van der Waals surface area contributed by atoms with E-state index in [2.05, 4.69) is 38.6 Å². The Morgan fingerprint density at radius 2 is 1.92 bits per heavy atom. The molecule has 2 fully saturated rings. The number of H-pyrrole nitrogens is 1. The average molecular weight is 520 g/mol. The van der Waals surface area contributed by atoms with Gasteiger partial charge in [0.05, 0.1) is 17.7 Å². The molecular weight excluding hydrogens is 482 g/mol. The number of aromatic amines is 1. The molecule has 0 saturated heterocycles.